The van der Waals surface area contributed by atoms with Gasteiger partial charge < -0.3 is 39.7 Å². The van der Waals surface area contributed by atoms with Crippen molar-refractivity contribution in [2.75, 3.05) is 36.6 Å². The number of ether oxygens (including phenoxy) is 3. The number of carboxylic acids is 1. The van der Waals surface area contributed by atoms with Gasteiger partial charge in [-0.15, -0.1) is 0 Å². The Labute approximate surface area is 332 Å². The van der Waals surface area contributed by atoms with Gasteiger partial charge in [-0.05, 0) is 70.5 Å². The van der Waals surface area contributed by atoms with Crippen molar-refractivity contribution in [3.63, 3.8) is 0 Å². The second-order valence-electron chi connectivity index (χ2n) is 11.3. The highest BCUT2D eigenvalue weighted by Gasteiger charge is 2.31. The molecule has 0 spiro atoms. The predicted molar refractivity (Wildman–Crippen MR) is 196 cm³/mol. The maximum absolute atomic E-state index is 12.8. The van der Waals surface area contributed by atoms with E-state index in [4.69, 9.17) is 57.6 Å². The number of halogens is 5. The van der Waals surface area contributed by atoms with E-state index in [2.05, 4.69) is 37.0 Å². The average Bonchev–Trinajstić information content (AvgIpc) is 3.08. The summed E-state index contributed by atoms with van der Waals surface area (Å²) in [6, 6.07) is 7.46. The van der Waals surface area contributed by atoms with Gasteiger partial charge in [-0.3, -0.25) is 24.8 Å². The molecule has 1 heterocycles. The molecule has 3 rings (SSSR count). The van der Waals surface area contributed by atoms with E-state index in [-0.39, 0.29) is 34.4 Å². The SMILES string of the molecule is CCNc1nc(Cl)nc(NC(C)(C)C#N)n1.CCOC(=O)C(C)OC(=O)c1cc(Oc2ccc(C(F)(F)F)cc2Cl)ccc1[N+](=O)[O-].O=C(O)CNCP(=O)(O)O. The van der Waals surface area contributed by atoms with Gasteiger partial charge in [-0.2, -0.15) is 33.4 Å². The normalized spacial score (nSPS) is 11.6. The van der Waals surface area contributed by atoms with E-state index < -0.39 is 77.9 Å². The van der Waals surface area contributed by atoms with Crippen molar-refractivity contribution < 1.29 is 66.1 Å². The Morgan fingerprint density at radius 3 is 2.21 bits per heavy atom. The first-order valence-corrected chi connectivity index (χ1v) is 18.4. The van der Waals surface area contributed by atoms with Crippen LogP contribution < -0.4 is 20.7 Å². The maximum Gasteiger partial charge on any atom is 0.416 e. The summed E-state index contributed by atoms with van der Waals surface area (Å²) in [5.41, 5.74) is -2.92. The van der Waals surface area contributed by atoms with E-state index in [1.807, 2.05) is 6.92 Å². The Morgan fingerprint density at radius 1 is 1.07 bits per heavy atom. The van der Waals surface area contributed by atoms with Crippen molar-refractivity contribution >= 4 is 66.3 Å². The number of hydrogen-bond acceptors (Lipinski definition) is 16. The van der Waals surface area contributed by atoms with Gasteiger partial charge in [0.2, 0.25) is 17.2 Å². The third kappa shape index (κ3) is 18.9. The number of nitrogens with zero attached hydrogens (tertiary/aromatic N) is 5. The number of benzene rings is 2. The van der Waals surface area contributed by atoms with Crippen LogP contribution in [0.3, 0.4) is 0 Å². The minimum atomic E-state index is -4.61. The lowest BCUT2D eigenvalue weighted by Gasteiger charge is -2.17. The molecule has 0 radical (unpaired) electrons. The van der Waals surface area contributed by atoms with Gasteiger partial charge in [0, 0.05) is 18.7 Å². The number of nitriles is 1. The van der Waals surface area contributed by atoms with E-state index in [9.17, 15) is 42.2 Å². The van der Waals surface area contributed by atoms with Crippen LogP contribution in [0.15, 0.2) is 36.4 Å². The highest BCUT2D eigenvalue weighted by atomic mass is 35.5. The number of aliphatic carboxylic acids is 1. The monoisotopic (exact) mass is 870 g/mol. The number of hydrogen-bond donors (Lipinski definition) is 6. The largest absolute Gasteiger partial charge is 0.480 e. The Balaban J connectivity index is 0.000000517. The molecular formula is C31H36Cl2F3N8O12P. The second kappa shape index (κ2) is 22.4. The number of nitrogens with one attached hydrogen (secondary N) is 3. The molecule has 0 aliphatic carbocycles. The topological polar surface area (TPSA) is 298 Å². The molecule has 0 bridgehead atoms. The molecule has 26 heteroatoms. The minimum absolute atomic E-state index is 0.0398. The summed E-state index contributed by atoms with van der Waals surface area (Å²) in [6.45, 7) is 8.42. The summed E-state index contributed by atoms with van der Waals surface area (Å²) < 4.78 is 63.3. The predicted octanol–water partition coefficient (Wildman–Crippen LogP) is 5.63. The summed E-state index contributed by atoms with van der Waals surface area (Å²) in [4.78, 5) is 72.4. The second-order valence-corrected chi connectivity index (χ2v) is 13.7. The van der Waals surface area contributed by atoms with Gasteiger partial charge in [-0.25, -0.2) is 9.59 Å². The van der Waals surface area contributed by atoms with E-state index in [1.165, 1.54) is 6.92 Å². The molecule has 0 aliphatic rings. The lowest BCUT2D eigenvalue weighted by atomic mass is 10.1. The molecule has 57 heavy (non-hydrogen) atoms. The molecular weight excluding hydrogens is 835 g/mol. The molecule has 2 aromatic carbocycles. The summed E-state index contributed by atoms with van der Waals surface area (Å²) >= 11 is 11.6. The molecule has 0 aliphatic heterocycles. The van der Waals surface area contributed by atoms with Crippen molar-refractivity contribution in [1.29, 1.82) is 5.26 Å². The number of rotatable bonds is 15. The molecule has 20 nitrogen and oxygen atoms in total. The Kier molecular flexibility index (Phi) is 19.5. The zero-order valence-corrected chi connectivity index (χ0v) is 32.9. The van der Waals surface area contributed by atoms with Gasteiger partial charge in [-0.1, -0.05) is 11.6 Å². The fourth-order valence-corrected chi connectivity index (χ4v) is 4.36. The van der Waals surface area contributed by atoms with Gasteiger partial charge in [0.25, 0.3) is 5.69 Å². The van der Waals surface area contributed by atoms with Crippen LogP contribution in [-0.2, 0) is 29.8 Å². The van der Waals surface area contributed by atoms with Gasteiger partial charge in [0.15, 0.2) is 6.10 Å². The van der Waals surface area contributed by atoms with Crippen LogP contribution in [0.25, 0.3) is 0 Å². The summed E-state index contributed by atoms with van der Waals surface area (Å²) in [6.07, 6.45) is -6.54. The number of carbonyl (C=O) groups excluding carboxylic acids is 2. The van der Waals surface area contributed by atoms with Crippen molar-refractivity contribution in [1.82, 2.24) is 20.3 Å². The fraction of sp³-hybridized carbons (Fsp3) is 0.387. The number of esters is 2. The molecule has 312 valence electrons. The quantitative estimate of drug-likeness (QED) is 0.0466. The van der Waals surface area contributed by atoms with Crippen molar-refractivity contribution in [3.05, 3.63) is 67.9 Å². The Morgan fingerprint density at radius 2 is 1.70 bits per heavy atom. The standard InChI is InChI=1S/C19H15ClF3NO7.C9H13ClN6.C3H8NO5P/c1-3-29-17(25)10(2)30-18(26)13-9-12(5-6-15(13)24(27)28)31-16-7-4-11(8-14(16)20)19(21,22)23;1-4-12-7-13-6(10)14-8(15-7)16-9(2,3)5-11;5-3(6)1-4-2-10(7,8)9/h4-10H,3H2,1-2H3;4H2,1-3H3,(H2,12,13,14,15,16);4H,1-2H2,(H,5,6)(H2,7,8,9). The van der Waals surface area contributed by atoms with Crippen LogP contribution in [0.5, 0.6) is 11.5 Å². The summed E-state index contributed by atoms with van der Waals surface area (Å²) in [5, 5.41) is 35.7. The van der Waals surface area contributed by atoms with Crippen LogP contribution in [0.1, 0.15) is 50.5 Å². The van der Waals surface area contributed by atoms with Crippen LogP contribution in [0, 0.1) is 21.4 Å². The number of alkyl halides is 3. The van der Waals surface area contributed by atoms with Crippen molar-refractivity contribution in [2.24, 2.45) is 0 Å². The molecule has 1 atom stereocenters. The number of carbonyl (C=O) groups is 3. The van der Waals surface area contributed by atoms with Gasteiger partial charge in [0.1, 0.15) is 22.6 Å². The third-order valence-electron chi connectivity index (χ3n) is 6.01. The van der Waals surface area contributed by atoms with Gasteiger partial charge in [0.05, 0.1) is 41.0 Å². The van der Waals surface area contributed by atoms with Crippen LogP contribution in [0.2, 0.25) is 10.3 Å². The third-order valence-corrected chi connectivity index (χ3v) is 7.11. The van der Waals surface area contributed by atoms with E-state index in [0.29, 0.717) is 18.6 Å². The first-order chi connectivity index (χ1) is 26.3. The van der Waals surface area contributed by atoms with Crippen molar-refractivity contribution in [2.45, 2.75) is 52.4 Å². The van der Waals surface area contributed by atoms with E-state index >= 15 is 0 Å². The van der Waals surface area contributed by atoms with Gasteiger partial charge >= 0.3 is 31.7 Å². The zero-order valence-electron chi connectivity index (χ0n) is 30.5. The molecule has 0 saturated carbocycles. The van der Waals surface area contributed by atoms with Crippen molar-refractivity contribution in [3.8, 4) is 17.6 Å². The number of carboxylic acid groups (broad SMARTS) is 1. The number of nitro benzene ring substituents is 1. The number of anilines is 2. The highest BCUT2D eigenvalue weighted by molar-refractivity contribution is 7.51. The fourth-order valence-electron chi connectivity index (χ4n) is 3.58. The Bertz CT molecular complexity index is 1980. The smallest absolute Gasteiger partial charge is 0.416 e. The highest BCUT2D eigenvalue weighted by Crippen LogP contribution is 2.37. The number of aromatic nitrogens is 3. The van der Waals surface area contributed by atoms with Crippen LogP contribution in [0.4, 0.5) is 30.8 Å². The number of nitro groups is 1. The molecule has 3 aromatic rings. The minimum Gasteiger partial charge on any atom is -0.480 e. The summed E-state index contributed by atoms with van der Waals surface area (Å²) in [7, 11) is -4.10. The first kappa shape index (κ1) is 49.6. The van der Waals surface area contributed by atoms with E-state index in [0.717, 1.165) is 30.3 Å². The van der Waals surface area contributed by atoms with Crippen LogP contribution >= 0.6 is 30.8 Å². The molecule has 1 aromatic heterocycles. The molecule has 1 unspecified atom stereocenters. The lowest BCUT2D eigenvalue weighted by Crippen LogP contribution is -2.29. The first-order valence-electron chi connectivity index (χ1n) is 15.8. The molecule has 0 saturated heterocycles. The molecule has 0 fully saturated rings. The average molecular weight is 872 g/mol. The molecule has 0 amide bonds. The zero-order chi connectivity index (χ0) is 43.7. The van der Waals surface area contributed by atoms with Crippen LogP contribution in [-0.4, -0.2) is 90.3 Å². The maximum atomic E-state index is 12.8. The Hall–Kier alpha value is -5.37. The van der Waals surface area contributed by atoms with E-state index in [1.54, 1.807) is 20.8 Å². The molecule has 6 N–H and O–H groups in total. The summed E-state index contributed by atoms with van der Waals surface area (Å²) in [5.74, 6) is -2.83. The lowest BCUT2D eigenvalue weighted by molar-refractivity contribution is -0.385.